The van der Waals surface area contributed by atoms with Gasteiger partial charge in [0.15, 0.2) is 0 Å². The molecule has 1 saturated carbocycles. The van der Waals surface area contributed by atoms with Crippen molar-refractivity contribution in [2.45, 2.75) is 60.7 Å². The predicted molar refractivity (Wildman–Crippen MR) is 89.2 cm³/mol. The zero-order valence-electron chi connectivity index (χ0n) is 11.7. The van der Waals surface area contributed by atoms with Crippen molar-refractivity contribution in [3.8, 4) is 0 Å². The summed E-state index contributed by atoms with van der Waals surface area (Å²) in [5.74, 6) is 0. The standard InChI is InChI=1S/C16H22BrNOS/c17-14-10-12(18)4-5-15(14)20-13-6-9-19-16(11-13)7-2-1-3-8-16/h4-5,10,13H,1-3,6-9,11,18H2. The zero-order valence-corrected chi connectivity index (χ0v) is 14.1. The second kappa shape index (κ2) is 6.29. The molecule has 2 nitrogen and oxygen atoms in total. The van der Waals surface area contributed by atoms with Crippen molar-refractivity contribution in [3.63, 3.8) is 0 Å². The molecule has 20 heavy (non-hydrogen) atoms. The van der Waals surface area contributed by atoms with E-state index in [-0.39, 0.29) is 5.60 Å². The maximum absolute atomic E-state index is 6.18. The summed E-state index contributed by atoms with van der Waals surface area (Å²) in [6.07, 6.45) is 8.93. The molecule has 1 unspecified atom stereocenters. The molecule has 4 heteroatoms. The lowest BCUT2D eigenvalue weighted by Gasteiger charge is -2.43. The number of anilines is 1. The molecule has 2 fully saturated rings. The van der Waals surface area contributed by atoms with Gasteiger partial charge in [0.05, 0.1) is 5.60 Å². The monoisotopic (exact) mass is 355 g/mol. The lowest BCUT2D eigenvalue weighted by Crippen LogP contribution is -2.42. The minimum atomic E-state index is 0.189. The number of halogens is 1. The lowest BCUT2D eigenvalue weighted by molar-refractivity contribution is -0.0971. The van der Waals surface area contributed by atoms with Gasteiger partial charge in [-0.05, 0) is 59.8 Å². The van der Waals surface area contributed by atoms with Crippen LogP contribution in [0.3, 0.4) is 0 Å². The molecule has 0 radical (unpaired) electrons. The van der Waals surface area contributed by atoms with E-state index in [0.29, 0.717) is 5.25 Å². The SMILES string of the molecule is Nc1ccc(SC2CCOC3(CCCCC3)C2)c(Br)c1. The first-order chi connectivity index (χ1) is 9.67. The molecule has 0 bridgehead atoms. The maximum Gasteiger partial charge on any atom is 0.0693 e. The Morgan fingerprint density at radius 1 is 1.25 bits per heavy atom. The first-order valence-electron chi connectivity index (χ1n) is 7.53. The summed E-state index contributed by atoms with van der Waals surface area (Å²) in [6.45, 7) is 0.921. The zero-order chi connectivity index (χ0) is 14.0. The molecular formula is C16H22BrNOS. The fourth-order valence-electron chi connectivity index (χ4n) is 3.42. The van der Waals surface area contributed by atoms with E-state index >= 15 is 0 Å². The van der Waals surface area contributed by atoms with Crippen molar-refractivity contribution in [3.05, 3.63) is 22.7 Å². The van der Waals surface area contributed by atoms with Gasteiger partial charge in [-0.25, -0.2) is 0 Å². The molecule has 1 heterocycles. The summed E-state index contributed by atoms with van der Waals surface area (Å²) in [5, 5.41) is 0.668. The Kier molecular flexibility index (Phi) is 4.63. The third-order valence-electron chi connectivity index (χ3n) is 4.46. The highest BCUT2D eigenvalue weighted by atomic mass is 79.9. The minimum Gasteiger partial charge on any atom is -0.399 e. The molecule has 0 aromatic heterocycles. The van der Waals surface area contributed by atoms with E-state index in [1.54, 1.807) is 0 Å². The van der Waals surface area contributed by atoms with Crippen LogP contribution >= 0.6 is 27.7 Å². The summed E-state index contributed by atoms with van der Waals surface area (Å²) in [4.78, 5) is 1.30. The van der Waals surface area contributed by atoms with Crippen molar-refractivity contribution in [2.75, 3.05) is 12.3 Å². The quantitative estimate of drug-likeness (QED) is 0.757. The second-order valence-electron chi connectivity index (χ2n) is 6.01. The van der Waals surface area contributed by atoms with E-state index < -0.39 is 0 Å². The fourth-order valence-corrected chi connectivity index (χ4v) is 5.38. The van der Waals surface area contributed by atoms with Crippen molar-refractivity contribution < 1.29 is 4.74 Å². The molecule has 1 atom stereocenters. The molecule has 1 spiro atoms. The van der Waals surface area contributed by atoms with Crippen LogP contribution in [-0.4, -0.2) is 17.5 Å². The predicted octanol–water partition coefficient (Wildman–Crippen LogP) is 5.01. The molecule has 1 aromatic rings. The number of nitrogen functional groups attached to an aromatic ring is 1. The van der Waals surface area contributed by atoms with Crippen molar-refractivity contribution in [1.29, 1.82) is 0 Å². The van der Waals surface area contributed by atoms with Gasteiger partial charge >= 0.3 is 0 Å². The van der Waals surface area contributed by atoms with Crippen LogP contribution in [0.4, 0.5) is 5.69 Å². The average Bonchev–Trinajstić information content (AvgIpc) is 2.43. The first kappa shape index (κ1) is 14.7. The van der Waals surface area contributed by atoms with E-state index in [1.807, 2.05) is 23.9 Å². The Morgan fingerprint density at radius 2 is 2.05 bits per heavy atom. The highest BCUT2D eigenvalue weighted by molar-refractivity contribution is 9.10. The maximum atomic E-state index is 6.18. The average molecular weight is 356 g/mol. The molecule has 1 saturated heterocycles. The molecule has 1 aliphatic carbocycles. The second-order valence-corrected chi connectivity index (χ2v) is 8.21. The minimum absolute atomic E-state index is 0.189. The molecule has 1 aromatic carbocycles. The van der Waals surface area contributed by atoms with Crippen LogP contribution in [0.15, 0.2) is 27.6 Å². The third-order valence-corrected chi connectivity index (χ3v) is 6.73. The Morgan fingerprint density at radius 3 is 2.80 bits per heavy atom. The van der Waals surface area contributed by atoms with E-state index in [1.165, 1.54) is 43.4 Å². The van der Waals surface area contributed by atoms with Gasteiger partial charge in [0.1, 0.15) is 0 Å². The highest BCUT2D eigenvalue weighted by Gasteiger charge is 2.38. The van der Waals surface area contributed by atoms with Gasteiger partial charge in [-0.1, -0.05) is 19.3 Å². The van der Waals surface area contributed by atoms with E-state index in [4.69, 9.17) is 10.5 Å². The Hall–Kier alpha value is -0.190. The summed E-state index contributed by atoms with van der Waals surface area (Å²) in [7, 11) is 0. The third kappa shape index (κ3) is 3.34. The summed E-state index contributed by atoms with van der Waals surface area (Å²) < 4.78 is 7.30. The number of rotatable bonds is 2. The number of ether oxygens (including phenoxy) is 1. The summed E-state index contributed by atoms with van der Waals surface area (Å²) in [5.41, 5.74) is 6.82. The van der Waals surface area contributed by atoms with Crippen molar-refractivity contribution in [2.24, 2.45) is 0 Å². The van der Waals surface area contributed by atoms with E-state index in [2.05, 4.69) is 22.0 Å². The molecule has 110 valence electrons. The molecular weight excluding hydrogens is 334 g/mol. The Bertz CT molecular complexity index is 468. The van der Waals surface area contributed by atoms with Gasteiger partial charge in [0, 0.05) is 26.9 Å². The fraction of sp³-hybridized carbons (Fsp3) is 0.625. The lowest BCUT2D eigenvalue weighted by atomic mass is 9.80. The Labute approximate surface area is 134 Å². The molecule has 3 rings (SSSR count). The normalized spacial score (nSPS) is 25.8. The number of thioether (sulfide) groups is 1. The van der Waals surface area contributed by atoms with Crippen LogP contribution in [-0.2, 0) is 4.74 Å². The van der Waals surface area contributed by atoms with Gasteiger partial charge < -0.3 is 10.5 Å². The molecule has 2 aliphatic rings. The summed E-state index contributed by atoms with van der Waals surface area (Å²) >= 11 is 5.61. The van der Waals surface area contributed by atoms with Crippen LogP contribution in [0.5, 0.6) is 0 Å². The van der Waals surface area contributed by atoms with Crippen LogP contribution < -0.4 is 5.73 Å². The smallest absolute Gasteiger partial charge is 0.0693 e. The molecule has 2 N–H and O–H groups in total. The number of hydrogen-bond acceptors (Lipinski definition) is 3. The van der Waals surface area contributed by atoms with Crippen LogP contribution in [0.1, 0.15) is 44.9 Å². The van der Waals surface area contributed by atoms with E-state index in [0.717, 1.165) is 23.2 Å². The highest BCUT2D eigenvalue weighted by Crippen LogP contribution is 2.44. The Balaban J connectivity index is 1.68. The van der Waals surface area contributed by atoms with Crippen LogP contribution in [0.25, 0.3) is 0 Å². The largest absolute Gasteiger partial charge is 0.399 e. The van der Waals surface area contributed by atoms with Gasteiger partial charge in [0.2, 0.25) is 0 Å². The van der Waals surface area contributed by atoms with Crippen LogP contribution in [0.2, 0.25) is 0 Å². The van der Waals surface area contributed by atoms with Crippen molar-refractivity contribution in [1.82, 2.24) is 0 Å². The number of nitrogens with two attached hydrogens (primary N) is 1. The van der Waals surface area contributed by atoms with Crippen molar-refractivity contribution >= 4 is 33.4 Å². The topological polar surface area (TPSA) is 35.2 Å². The number of hydrogen-bond donors (Lipinski definition) is 1. The number of benzene rings is 1. The first-order valence-corrected chi connectivity index (χ1v) is 9.20. The van der Waals surface area contributed by atoms with Gasteiger partial charge in [-0.15, -0.1) is 11.8 Å². The van der Waals surface area contributed by atoms with Gasteiger partial charge in [-0.2, -0.15) is 0 Å². The molecule has 1 aliphatic heterocycles. The van der Waals surface area contributed by atoms with E-state index in [9.17, 15) is 0 Å². The van der Waals surface area contributed by atoms with Crippen LogP contribution in [0, 0.1) is 0 Å². The van der Waals surface area contributed by atoms with Gasteiger partial charge in [-0.3, -0.25) is 0 Å². The van der Waals surface area contributed by atoms with Gasteiger partial charge in [0.25, 0.3) is 0 Å². The molecule has 0 amide bonds. The summed E-state index contributed by atoms with van der Waals surface area (Å²) in [6, 6.07) is 6.12.